The third-order valence-electron chi connectivity index (χ3n) is 4.11. The first kappa shape index (κ1) is 17.4. The molecule has 2 N–H and O–H groups in total. The third-order valence-corrected chi connectivity index (χ3v) is 4.11. The molecule has 0 aliphatic carbocycles. The topological polar surface area (TPSA) is 72.5 Å². The van der Waals surface area contributed by atoms with Crippen LogP contribution in [-0.2, 0) is 16.1 Å². The SMILES string of the molecule is O=C(NOCC1CCCCO1)c1ccccc1NCc1ccncc1. The number of rotatable bonds is 7. The Labute approximate surface area is 147 Å². The number of para-hydroxylation sites is 1. The van der Waals surface area contributed by atoms with E-state index in [0.29, 0.717) is 18.7 Å². The summed E-state index contributed by atoms with van der Waals surface area (Å²) in [6, 6.07) is 11.2. The van der Waals surface area contributed by atoms with Gasteiger partial charge in [0.15, 0.2) is 0 Å². The van der Waals surface area contributed by atoms with E-state index in [4.69, 9.17) is 9.57 Å². The summed E-state index contributed by atoms with van der Waals surface area (Å²) in [5.41, 5.74) is 4.91. The van der Waals surface area contributed by atoms with Crippen molar-refractivity contribution in [2.75, 3.05) is 18.5 Å². The molecule has 1 amide bonds. The molecule has 1 aromatic carbocycles. The molecule has 0 spiro atoms. The molecule has 1 atom stereocenters. The van der Waals surface area contributed by atoms with E-state index >= 15 is 0 Å². The summed E-state index contributed by atoms with van der Waals surface area (Å²) < 4.78 is 5.58. The van der Waals surface area contributed by atoms with Crippen molar-refractivity contribution in [3.8, 4) is 0 Å². The average molecular weight is 341 g/mol. The Morgan fingerprint density at radius 2 is 2.04 bits per heavy atom. The van der Waals surface area contributed by atoms with E-state index in [1.54, 1.807) is 18.5 Å². The largest absolute Gasteiger partial charge is 0.380 e. The summed E-state index contributed by atoms with van der Waals surface area (Å²) in [7, 11) is 0. The summed E-state index contributed by atoms with van der Waals surface area (Å²) in [6.07, 6.45) is 6.77. The van der Waals surface area contributed by atoms with Crippen molar-refractivity contribution in [2.45, 2.75) is 31.9 Å². The maximum atomic E-state index is 12.4. The Hall–Kier alpha value is -2.44. The summed E-state index contributed by atoms with van der Waals surface area (Å²) in [5, 5.41) is 3.28. The van der Waals surface area contributed by atoms with Crippen LogP contribution in [0.2, 0.25) is 0 Å². The molecular weight excluding hydrogens is 318 g/mol. The zero-order valence-corrected chi connectivity index (χ0v) is 14.1. The number of ether oxygens (including phenoxy) is 1. The molecular formula is C19H23N3O3. The first-order chi connectivity index (χ1) is 12.3. The molecule has 6 heteroatoms. The van der Waals surface area contributed by atoms with Crippen molar-refractivity contribution in [3.63, 3.8) is 0 Å². The van der Waals surface area contributed by atoms with Gasteiger partial charge in [-0.2, -0.15) is 0 Å². The van der Waals surface area contributed by atoms with E-state index in [2.05, 4.69) is 15.8 Å². The van der Waals surface area contributed by atoms with Crippen LogP contribution in [0.25, 0.3) is 0 Å². The van der Waals surface area contributed by atoms with E-state index in [1.807, 2.05) is 30.3 Å². The summed E-state index contributed by atoms with van der Waals surface area (Å²) in [5.74, 6) is -0.270. The highest BCUT2D eigenvalue weighted by molar-refractivity contribution is 5.98. The predicted molar refractivity (Wildman–Crippen MR) is 95.0 cm³/mol. The van der Waals surface area contributed by atoms with Crippen molar-refractivity contribution >= 4 is 11.6 Å². The highest BCUT2D eigenvalue weighted by Gasteiger charge is 2.16. The first-order valence-electron chi connectivity index (χ1n) is 8.58. The zero-order chi connectivity index (χ0) is 17.3. The second-order valence-electron chi connectivity index (χ2n) is 5.99. The summed E-state index contributed by atoms with van der Waals surface area (Å²) in [6.45, 7) is 1.76. The Morgan fingerprint density at radius 1 is 1.20 bits per heavy atom. The third kappa shape index (κ3) is 5.27. The predicted octanol–water partition coefficient (Wildman–Crippen LogP) is 2.92. The van der Waals surface area contributed by atoms with E-state index in [1.165, 1.54) is 0 Å². The molecule has 1 saturated heterocycles. The maximum Gasteiger partial charge on any atom is 0.276 e. The van der Waals surface area contributed by atoms with E-state index in [0.717, 1.165) is 37.1 Å². The number of aromatic nitrogens is 1. The minimum atomic E-state index is -0.270. The number of carbonyl (C=O) groups is 1. The molecule has 2 heterocycles. The fraction of sp³-hybridized carbons (Fsp3) is 0.368. The number of carbonyl (C=O) groups excluding carboxylic acids is 1. The minimum Gasteiger partial charge on any atom is -0.380 e. The average Bonchev–Trinajstić information content (AvgIpc) is 2.68. The van der Waals surface area contributed by atoms with Crippen molar-refractivity contribution in [2.24, 2.45) is 0 Å². The van der Waals surface area contributed by atoms with Gasteiger partial charge in [0.05, 0.1) is 11.7 Å². The number of nitrogens with one attached hydrogen (secondary N) is 2. The van der Waals surface area contributed by atoms with Crippen LogP contribution >= 0.6 is 0 Å². The highest BCUT2D eigenvalue weighted by atomic mass is 16.7. The van der Waals surface area contributed by atoms with Gasteiger partial charge in [0, 0.05) is 31.2 Å². The molecule has 6 nitrogen and oxygen atoms in total. The van der Waals surface area contributed by atoms with Gasteiger partial charge < -0.3 is 10.1 Å². The van der Waals surface area contributed by atoms with Gasteiger partial charge in [0.1, 0.15) is 6.61 Å². The maximum absolute atomic E-state index is 12.4. The Kier molecular flexibility index (Phi) is 6.36. The molecule has 0 radical (unpaired) electrons. The Morgan fingerprint density at radius 3 is 2.84 bits per heavy atom. The fourth-order valence-electron chi connectivity index (χ4n) is 2.73. The van der Waals surface area contributed by atoms with Gasteiger partial charge >= 0.3 is 0 Å². The molecule has 0 bridgehead atoms. The normalized spacial score (nSPS) is 17.0. The first-order valence-corrected chi connectivity index (χ1v) is 8.58. The van der Waals surface area contributed by atoms with Crippen LogP contribution in [0.4, 0.5) is 5.69 Å². The number of hydroxylamine groups is 1. The lowest BCUT2D eigenvalue weighted by molar-refractivity contribution is -0.0622. The van der Waals surface area contributed by atoms with Crippen molar-refractivity contribution in [3.05, 3.63) is 59.9 Å². The molecule has 1 unspecified atom stereocenters. The molecule has 25 heavy (non-hydrogen) atoms. The molecule has 1 fully saturated rings. The number of amides is 1. The lowest BCUT2D eigenvalue weighted by atomic mass is 10.1. The summed E-state index contributed by atoms with van der Waals surface area (Å²) >= 11 is 0. The number of hydrogen-bond acceptors (Lipinski definition) is 5. The van der Waals surface area contributed by atoms with Crippen LogP contribution in [0.15, 0.2) is 48.8 Å². The van der Waals surface area contributed by atoms with Gasteiger partial charge in [-0.3, -0.25) is 14.6 Å². The fourth-order valence-corrected chi connectivity index (χ4v) is 2.73. The number of pyridine rings is 1. The molecule has 1 aliphatic heterocycles. The molecule has 3 rings (SSSR count). The van der Waals surface area contributed by atoms with Gasteiger partial charge in [-0.05, 0) is 49.1 Å². The molecule has 132 valence electrons. The highest BCUT2D eigenvalue weighted by Crippen LogP contribution is 2.16. The second kappa shape index (κ2) is 9.15. The van der Waals surface area contributed by atoms with Crippen molar-refractivity contribution < 1.29 is 14.4 Å². The minimum absolute atomic E-state index is 0.0640. The van der Waals surface area contributed by atoms with Crippen LogP contribution in [0.3, 0.4) is 0 Å². The number of nitrogens with zero attached hydrogens (tertiary/aromatic N) is 1. The Bertz CT molecular complexity index is 673. The van der Waals surface area contributed by atoms with Gasteiger partial charge in [-0.15, -0.1) is 0 Å². The van der Waals surface area contributed by atoms with Gasteiger partial charge in [-0.1, -0.05) is 12.1 Å². The lowest BCUT2D eigenvalue weighted by Gasteiger charge is -2.22. The van der Waals surface area contributed by atoms with Crippen LogP contribution in [0.5, 0.6) is 0 Å². The monoisotopic (exact) mass is 341 g/mol. The van der Waals surface area contributed by atoms with Gasteiger partial charge in [0.25, 0.3) is 5.91 Å². The molecule has 1 aliphatic rings. The number of anilines is 1. The van der Waals surface area contributed by atoms with Crippen LogP contribution < -0.4 is 10.8 Å². The molecule has 2 aromatic rings. The van der Waals surface area contributed by atoms with Gasteiger partial charge in [-0.25, -0.2) is 5.48 Å². The van der Waals surface area contributed by atoms with E-state index in [-0.39, 0.29) is 12.0 Å². The number of benzene rings is 1. The smallest absolute Gasteiger partial charge is 0.276 e. The van der Waals surface area contributed by atoms with E-state index < -0.39 is 0 Å². The van der Waals surface area contributed by atoms with Gasteiger partial charge in [0.2, 0.25) is 0 Å². The zero-order valence-electron chi connectivity index (χ0n) is 14.1. The van der Waals surface area contributed by atoms with Crippen LogP contribution in [-0.4, -0.2) is 30.2 Å². The quantitative estimate of drug-likeness (QED) is 0.758. The lowest BCUT2D eigenvalue weighted by Crippen LogP contribution is -2.31. The van der Waals surface area contributed by atoms with Crippen molar-refractivity contribution in [1.29, 1.82) is 0 Å². The standard InChI is InChI=1S/C19H23N3O3/c23-19(22-25-14-16-5-3-4-12-24-16)17-6-1-2-7-18(17)21-13-15-8-10-20-11-9-15/h1-2,6-11,16,21H,3-5,12-14H2,(H,22,23). The second-order valence-corrected chi connectivity index (χ2v) is 5.99. The summed E-state index contributed by atoms with van der Waals surface area (Å²) in [4.78, 5) is 21.7. The van der Waals surface area contributed by atoms with Crippen molar-refractivity contribution in [1.82, 2.24) is 10.5 Å². The Balaban J connectivity index is 1.53. The van der Waals surface area contributed by atoms with Crippen LogP contribution in [0.1, 0.15) is 35.2 Å². The molecule has 0 saturated carbocycles. The van der Waals surface area contributed by atoms with E-state index in [9.17, 15) is 4.79 Å². The van der Waals surface area contributed by atoms with Crippen LogP contribution in [0, 0.1) is 0 Å². The molecule has 1 aromatic heterocycles. The number of hydrogen-bond donors (Lipinski definition) is 2.